The Morgan fingerprint density at radius 2 is 1.47 bits per heavy atom. The van der Waals surface area contributed by atoms with Gasteiger partial charge in [-0.3, -0.25) is 0 Å². The van der Waals surface area contributed by atoms with Crippen LogP contribution in [0.4, 0.5) is 5.69 Å². The van der Waals surface area contributed by atoms with Gasteiger partial charge in [-0.15, -0.1) is 0 Å². The van der Waals surface area contributed by atoms with Crippen molar-refractivity contribution in [3.8, 4) is 11.5 Å². The number of nitrogens with two attached hydrogens (primary N) is 1. The topological polar surface area (TPSA) is 35.2 Å². The van der Waals surface area contributed by atoms with E-state index in [1.54, 1.807) is 12.1 Å². The molecule has 0 fully saturated rings. The van der Waals surface area contributed by atoms with Crippen LogP contribution in [0.1, 0.15) is 16.7 Å². The van der Waals surface area contributed by atoms with Crippen molar-refractivity contribution in [2.45, 2.75) is 20.8 Å². The molecule has 0 aliphatic carbocycles. The number of halogens is 2. The van der Waals surface area contributed by atoms with Gasteiger partial charge in [-0.25, -0.2) is 0 Å². The van der Waals surface area contributed by atoms with Crippen LogP contribution in [0.3, 0.4) is 0 Å². The second-order valence-electron chi connectivity index (χ2n) is 4.61. The molecule has 0 spiro atoms. The molecule has 2 N–H and O–H groups in total. The average Bonchev–Trinajstić information content (AvgIpc) is 2.33. The first-order valence-electron chi connectivity index (χ1n) is 5.88. The van der Waals surface area contributed by atoms with E-state index in [-0.39, 0.29) is 0 Å². The van der Waals surface area contributed by atoms with E-state index in [1.165, 1.54) is 0 Å². The lowest BCUT2D eigenvalue weighted by atomic mass is 10.1. The summed E-state index contributed by atoms with van der Waals surface area (Å²) < 4.78 is 5.86. The number of hydrogen-bond donors (Lipinski definition) is 1. The fraction of sp³-hybridized carbons (Fsp3) is 0.200. The molecule has 0 saturated heterocycles. The SMILES string of the molecule is Cc1cc(N)c(Cl)cc1Oc1cc(C)c(Cl)c(C)c1. The Morgan fingerprint density at radius 3 is 2.05 bits per heavy atom. The molecule has 100 valence electrons. The van der Waals surface area contributed by atoms with Crippen LogP contribution in [-0.4, -0.2) is 0 Å². The maximum atomic E-state index is 6.14. The molecule has 2 aromatic rings. The highest BCUT2D eigenvalue weighted by Crippen LogP contribution is 2.34. The third kappa shape index (κ3) is 2.96. The van der Waals surface area contributed by atoms with Crippen LogP contribution in [0.5, 0.6) is 11.5 Å². The van der Waals surface area contributed by atoms with Crippen LogP contribution >= 0.6 is 23.2 Å². The fourth-order valence-electron chi connectivity index (χ4n) is 1.89. The van der Waals surface area contributed by atoms with Gasteiger partial charge in [0.25, 0.3) is 0 Å². The van der Waals surface area contributed by atoms with Crippen LogP contribution in [0.25, 0.3) is 0 Å². The summed E-state index contributed by atoms with van der Waals surface area (Å²) in [6.07, 6.45) is 0. The fourth-order valence-corrected chi connectivity index (χ4v) is 2.15. The molecule has 19 heavy (non-hydrogen) atoms. The molecule has 0 aromatic heterocycles. The summed E-state index contributed by atoms with van der Waals surface area (Å²) in [5.41, 5.74) is 9.20. The lowest BCUT2D eigenvalue weighted by molar-refractivity contribution is 0.478. The van der Waals surface area contributed by atoms with Gasteiger partial charge < -0.3 is 10.5 Å². The molecule has 0 unspecified atom stereocenters. The van der Waals surface area contributed by atoms with Crippen molar-refractivity contribution < 1.29 is 4.74 Å². The van der Waals surface area contributed by atoms with Gasteiger partial charge in [-0.2, -0.15) is 0 Å². The van der Waals surface area contributed by atoms with E-state index in [0.29, 0.717) is 16.5 Å². The molecular weight excluding hydrogens is 281 g/mol. The molecule has 2 rings (SSSR count). The Morgan fingerprint density at radius 1 is 0.895 bits per heavy atom. The van der Waals surface area contributed by atoms with E-state index in [0.717, 1.165) is 27.5 Å². The Bertz CT molecular complexity index is 615. The van der Waals surface area contributed by atoms with Crippen molar-refractivity contribution >= 4 is 28.9 Å². The number of hydrogen-bond acceptors (Lipinski definition) is 2. The largest absolute Gasteiger partial charge is 0.457 e. The van der Waals surface area contributed by atoms with Gasteiger partial charge in [-0.05, 0) is 55.7 Å². The van der Waals surface area contributed by atoms with E-state index in [2.05, 4.69) is 0 Å². The molecule has 0 aliphatic heterocycles. The Kier molecular flexibility index (Phi) is 3.93. The highest BCUT2D eigenvalue weighted by atomic mass is 35.5. The molecular formula is C15H15Cl2NO. The van der Waals surface area contributed by atoms with Gasteiger partial charge in [0, 0.05) is 11.1 Å². The molecule has 0 bridgehead atoms. The molecule has 2 aromatic carbocycles. The zero-order valence-electron chi connectivity index (χ0n) is 11.1. The number of ether oxygens (including phenoxy) is 1. The molecule has 0 heterocycles. The summed E-state index contributed by atoms with van der Waals surface area (Å²) in [6, 6.07) is 7.33. The second-order valence-corrected chi connectivity index (χ2v) is 5.40. The van der Waals surface area contributed by atoms with Crippen molar-refractivity contribution in [1.29, 1.82) is 0 Å². The second kappa shape index (κ2) is 5.32. The highest BCUT2D eigenvalue weighted by molar-refractivity contribution is 6.33. The minimum atomic E-state index is 0.489. The highest BCUT2D eigenvalue weighted by Gasteiger charge is 2.08. The standard InChI is InChI=1S/C15H15Cl2NO/c1-8-6-13(18)12(16)7-14(8)19-11-4-9(2)15(17)10(3)5-11/h4-7H,18H2,1-3H3. The summed E-state index contributed by atoms with van der Waals surface area (Å²) in [5, 5.41) is 1.25. The summed E-state index contributed by atoms with van der Waals surface area (Å²) in [6.45, 7) is 5.83. The predicted octanol–water partition coefficient (Wildman–Crippen LogP) is 5.29. The third-order valence-electron chi connectivity index (χ3n) is 2.93. The first kappa shape index (κ1) is 14.0. The van der Waals surface area contributed by atoms with Gasteiger partial charge in [0.1, 0.15) is 11.5 Å². The van der Waals surface area contributed by atoms with Crippen molar-refractivity contribution in [2.75, 3.05) is 5.73 Å². The zero-order valence-corrected chi connectivity index (χ0v) is 12.6. The normalized spacial score (nSPS) is 10.6. The van der Waals surface area contributed by atoms with Gasteiger partial charge >= 0.3 is 0 Å². The zero-order chi connectivity index (χ0) is 14.2. The maximum Gasteiger partial charge on any atom is 0.131 e. The first-order chi connectivity index (χ1) is 8.88. The summed E-state index contributed by atoms with van der Waals surface area (Å²) >= 11 is 12.2. The number of nitrogen functional groups attached to an aromatic ring is 1. The van der Waals surface area contributed by atoms with Gasteiger partial charge in [-0.1, -0.05) is 23.2 Å². The Hall–Kier alpha value is -1.38. The molecule has 2 nitrogen and oxygen atoms in total. The van der Waals surface area contributed by atoms with Crippen LogP contribution in [0.15, 0.2) is 24.3 Å². The Labute approximate surface area is 123 Å². The molecule has 4 heteroatoms. The first-order valence-corrected chi connectivity index (χ1v) is 6.64. The van der Waals surface area contributed by atoms with Gasteiger partial charge in [0.05, 0.1) is 10.7 Å². The molecule has 0 radical (unpaired) electrons. The van der Waals surface area contributed by atoms with Crippen molar-refractivity contribution in [2.24, 2.45) is 0 Å². The molecule has 0 aliphatic rings. The van der Waals surface area contributed by atoms with Crippen LogP contribution < -0.4 is 10.5 Å². The molecule has 0 amide bonds. The van der Waals surface area contributed by atoms with Crippen LogP contribution in [0.2, 0.25) is 10.0 Å². The summed E-state index contributed by atoms with van der Waals surface area (Å²) in [5.74, 6) is 1.43. The summed E-state index contributed by atoms with van der Waals surface area (Å²) in [7, 11) is 0. The smallest absolute Gasteiger partial charge is 0.131 e. The monoisotopic (exact) mass is 295 g/mol. The lowest BCUT2D eigenvalue weighted by Crippen LogP contribution is -1.93. The van der Waals surface area contributed by atoms with Crippen molar-refractivity contribution in [3.63, 3.8) is 0 Å². The molecule has 0 atom stereocenters. The van der Waals surface area contributed by atoms with E-state index in [9.17, 15) is 0 Å². The number of anilines is 1. The maximum absolute atomic E-state index is 6.14. The van der Waals surface area contributed by atoms with E-state index >= 15 is 0 Å². The van der Waals surface area contributed by atoms with E-state index in [1.807, 2.05) is 32.9 Å². The third-order valence-corrected chi connectivity index (χ3v) is 3.86. The van der Waals surface area contributed by atoms with Gasteiger partial charge in [0.2, 0.25) is 0 Å². The summed E-state index contributed by atoms with van der Waals surface area (Å²) in [4.78, 5) is 0. The number of rotatable bonds is 2. The van der Waals surface area contributed by atoms with E-state index in [4.69, 9.17) is 33.7 Å². The van der Waals surface area contributed by atoms with Crippen molar-refractivity contribution in [3.05, 3.63) is 51.0 Å². The van der Waals surface area contributed by atoms with Gasteiger partial charge in [0.15, 0.2) is 0 Å². The minimum Gasteiger partial charge on any atom is -0.457 e. The Balaban J connectivity index is 2.39. The average molecular weight is 296 g/mol. The van der Waals surface area contributed by atoms with Crippen molar-refractivity contribution in [1.82, 2.24) is 0 Å². The number of aryl methyl sites for hydroxylation is 3. The van der Waals surface area contributed by atoms with Crippen LogP contribution in [0, 0.1) is 20.8 Å². The van der Waals surface area contributed by atoms with Crippen LogP contribution in [-0.2, 0) is 0 Å². The predicted molar refractivity (Wildman–Crippen MR) is 81.6 cm³/mol. The van der Waals surface area contributed by atoms with E-state index < -0.39 is 0 Å². The quantitative estimate of drug-likeness (QED) is 0.764. The lowest BCUT2D eigenvalue weighted by Gasteiger charge is -2.12. The minimum absolute atomic E-state index is 0.489. The number of benzene rings is 2. The molecule has 0 saturated carbocycles.